The number of nitrogens with zero attached hydrogens (tertiary/aromatic N) is 5. The molecule has 4 rings (SSSR count). The van der Waals surface area contributed by atoms with Crippen LogP contribution in [0.25, 0.3) is 0 Å². The molecular formula is C20H28N6O. The zero-order valence-electron chi connectivity index (χ0n) is 15.9. The van der Waals surface area contributed by atoms with Crippen LogP contribution in [0.3, 0.4) is 0 Å². The van der Waals surface area contributed by atoms with Crippen molar-refractivity contribution < 1.29 is 4.74 Å². The molecule has 1 aliphatic heterocycles. The molecule has 2 aromatic rings. The molecule has 2 aromatic heterocycles. The maximum absolute atomic E-state index is 5.97. The van der Waals surface area contributed by atoms with Gasteiger partial charge >= 0.3 is 0 Å². The number of aromatic nitrogens is 3. The Labute approximate surface area is 160 Å². The molecule has 0 aromatic carbocycles. The van der Waals surface area contributed by atoms with Gasteiger partial charge in [-0.05, 0) is 25.0 Å². The summed E-state index contributed by atoms with van der Waals surface area (Å²) in [6.07, 6.45) is 10.1. The fourth-order valence-corrected chi connectivity index (χ4v) is 3.95. The van der Waals surface area contributed by atoms with Gasteiger partial charge in [-0.15, -0.1) is 0 Å². The molecule has 1 saturated heterocycles. The fraction of sp³-hybridized carbons (Fsp3) is 0.550. The fourth-order valence-electron chi connectivity index (χ4n) is 3.95. The summed E-state index contributed by atoms with van der Waals surface area (Å²) in [7, 11) is 1.83. The maximum atomic E-state index is 5.97. The lowest BCUT2D eigenvalue weighted by Crippen LogP contribution is -2.40. The van der Waals surface area contributed by atoms with Crippen molar-refractivity contribution in [1.82, 2.24) is 25.0 Å². The number of hydrogen-bond donors (Lipinski definition) is 1. The molecule has 1 saturated carbocycles. The number of ether oxygens (including phenoxy) is 1. The second-order valence-corrected chi connectivity index (χ2v) is 7.27. The van der Waals surface area contributed by atoms with E-state index in [-0.39, 0.29) is 6.10 Å². The highest BCUT2D eigenvalue weighted by atomic mass is 16.5. The van der Waals surface area contributed by atoms with Gasteiger partial charge in [0.2, 0.25) is 5.88 Å². The molecule has 2 fully saturated rings. The van der Waals surface area contributed by atoms with E-state index in [1.165, 1.54) is 25.7 Å². The minimum Gasteiger partial charge on any atom is -0.472 e. The van der Waals surface area contributed by atoms with Gasteiger partial charge in [-0.3, -0.25) is 9.67 Å². The van der Waals surface area contributed by atoms with E-state index in [1.54, 1.807) is 6.20 Å². The van der Waals surface area contributed by atoms with Crippen molar-refractivity contribution in [3.63, 3.8) is 0 Å². The summed E-state index contributed by atoms with van der Waals surface area (Å²) in [6.45, 7) is 2.43. The molecule has 1 aliphatic carbocycles. The summed E-state index contributed by atoms with van der Waals surface area (Å²) in [4.78, 5) is 10.9. The Hall–Kier alpha value is -2.57. The molecule has 1 atom stereocenters. The van der Waals surface area contributed by atoms with Crippen LogP contribution < -0.4 is 10.1 Å². The minimum absolute atomic E-state index is 0.139. The van der Waals surface area contributed by atoms with Crippen molar-refractivity contribution in [2.75, 3.05) is 20.1 Å². The second kappa shape index (κ2) is 8.41. The van der Waals surface area contributed by atoms with E-state index >= 15 is 0 Å². The number of aliphatic imine (C=N–C) groups is 1. The highest BCUT2D eigenvalue weighted by Gasteiger charge is 2.26. The first-order valence-corrected chi connectivity index (χ1v) is 9.89. The van der Waals surface area contributed by atoms with Crippen LogP contribution in [-0.4, -0.2) is 51.9 Å². The van der Waals surface area contributed by atoms with Gasteiger partial charge in [0.25, 0.3) is 0 Å². The Balaban J connectivity index is 1.28. The molecule has 27 heavy (non-hydrogen) atoms. The lowest BCUT2D eigenvalue weighted by molar-refractivity contribution is 0.205. The van der Waals surface area contributed by atoms with Gasteiger partial charge in [0, 0.05) is 38.5 Å². The van der Waals surface area contributed by atoms with Crippen molar-refractivity contribution in [2.24, 2.45) is 4.99 Å². The molecule has 7 heteroatoms. The molecule has 0 amide bonds. The molecule has 0 spiro atoms. The Morgan fingerprint density at radius 2 is 2.15 bits per heavy atom. The van der Waals surface area contributed by atoms with Crippen molar-refractivity contribution in [1.29, 1.82) is 0 Å². The summed E-state index contributed by atoms with van der Waals surface area (Å²) >= 11 is 0. The minimum atomic E-state index is 0.139. The van der Waals surface area contributed by atoms with Crippen molar-refractivity contribution in [3.05, 3.63) is 42.4 Å². The van der Waals surface area contributed by atoms with E-state index in [1.807, 2.05) is 25.2 Å². The molecule has 3 heterocycles. The van der Waals surface area contributed by atoms with Crippen LogP contribution in [0.15, 0.2) is 41.7 Å². The Morgan fingerprint density at radius 1 is 1.26 bits per heavy atom. The molecule has 0 radical (unpaired) electrons. The lowest BCUT2D eigenvalue weighted by atomic mass is 10.3. The SMILES string of the molecule is CN=C(NCc1ccn(C2CCCC2)n1)N1CCC(Oc2ccccn2)C1. The number of hydrogen-bond acceptors (Lipinski definition) is 4. The Morgan fingerprint density at radius 3 is 2.93 bits per heavy atom. The predicted molar refractivity (Wildman–Crippen MR) is 105 cm³/mol. The summed E-state index contributed by atoms with van der Waals surface area (Å²) in [6, 6.07) is 8.43. The van der Waals surface area contributed by atoms with Gasteiger partial charge in [-0.1, -0.05) is 18.9 Å². The van der Waals surface area contributed by atoms with E-state index < -0.39 is 0 Å². The van der Waals surface area contributed by atoms with E-state index in [4.69, 9.17) is 9.84 Å². The Kier molecular flexibility index (Phi) is 5.55. The van der Waals surface area contributed by atoms with Crippen molar-refractivity contribution in [3.8, 4) is 5.88 Å². The van der Waals surface area contributed by atoms with Crippen LogP contribution in [0.2, 0.25) is 0 Å². The first-order chi connectivity index (χ1) is 13.3. The first kappa shape index (κ1) is 17.8. The van der Waals surface area contributed by atoms with Crippen LogP contribution >= 0.6 is 0 Å². The highest BCUT2D eigenvalue weighted by molar-refractivity contribution is 5.80. The lowest BCUT2D eigenvalue weighted by Gasteiger charge is -2.21. The molecule has 0 bridgehead atoms. The van der Waals surface area contributed by atoms with Gasteiger partial charge in [0.15, 0.2) is 5.96 Å². The Bertz CT molecular complexity index is 753. The smallest absolute Gasteiger partial charge is 0.213 e. The average molecular weight is 368 g/mol. The van der Waals surface area contributed by atoms with Gasteiger partial charge in [-0.2, -0.15) is 5.10 Å². The predicted octanol–water partition coefficient (Wildman–Crippen LogP) is 2.62. The van der Waals surface area contributed by atoms with E-state index in [0.29, 0.717) is 18.5 Å². The van der Waals surface area contributed by atoms with Crippen LogP contribution in [0.5, 0.6) is 5.88 Å². The maximum Gasteiger partial charge on any atom is 0.213 e. The zero-order chi connectivity index (χ0) is 18.5. The van der Waals surface area contributed by atoms with Crippen molar-refractivity contribution >= 4 is 5.96 Å². The molecule has 1 N–H and O–H groups in total. The standard InChI is InChI=1S/C20H28N6O/c1-21-20(23-14-16-9-13-26(24-16)17-6-2-3-7-17)25-12-10-18(15-25)27-19-8-4-5-11-22-19/h4-5,8-9,11,13,17-18H,2-3,6-7,10,12,14-15H2,1H3,(H,21,23). The average Bonchev–Trinajstić information content (AvgIpc) is 3.45. The van der Waals surface area contributed by atoms with Gasteiger partial charge in [-0.25, -0.2) is 4.98 Å². The summed E-state index contributed by atoms with van der Waals surface area (Å²) in [5, 5.41) is 8.19. The first-order valence-electron chi connectivity index (χ1n) is 9.89. The third-order valence-corrected chi connectivity index (χ3v) is 5.37. The van der Waals surface area contributed by atoms with Crippen LogP contribution in [0, 0.1) is 0 Å². The number of rotatable bonds is 5. The van der Waals surface area contributed by atoms with Crippen LogP contribution in [0.4, 0.5) is 0 Å². The highest BCUT2D eigenvalue weighted by Crippen LogP contribution is 2.28. The van der Waals surface area contributed by atoms with E-state index in [2.05, 4.69) is 37.1 Å². The van der Waals surface area contributed by atoms with Gasteiger partial charge < -0.3 is 15.0 Å². The van der Waals surface area contributed by atoms with E-state index in [9.17, 15) is 0 Å². The van der Waals surface area contributed by atoms with Crippen LogP contribution in [0.1, 0.15) is 43.8 Å². The number of likely N-dealkylation sites (tertiary alicyclic amines) is 1. The summed E-state index contributed by atoms with van der Waals surface area (Å²) < 4.78 is 8.11. The summed E-state index contributed by atoms with van der Waals surface area (Å²) in [5.74, 6) is 1.59. The molecule has 144 valence electrons. The number of nitrogens with one attached hydrogen (secondary N) is 1. The third-order valence-electron chi connectivity index (χ3n) is 5.37. The second-order valence-electron chi connectivity index (χ2n) is 7.27. The van der Waals surface area contributed by atoms with Gasteiger partial charge in [0.05, 0.1) is 24.8 Å². The topological polar surface area (TPSA) is 67.6 Å². The molecular weight excluding hydrogens is 340 g/mol. The molecule has 1 unspecified atom stereocenters. The molecule has 2 aliphatic rings. The number of guanidine groups is 1. The monoisotopic (exact) mass is 368 g/mol. The summed E-state index contributed by atoms with van der Waals surface area (Å²) in [5.41, 5.74) is 1.06. The molecule has 7 nitrogen and oxygen atoms in total. The zero-order valence-corrected chi connectivity index (χ0v) is 15.9. The number of pyridine rings is 1. The van der Waals surface area contributed by atoms with E-state index in [0.717, 1.165) is 31.2 Å². The van der Waals surface area contributed by atoms with Crippen LogP contribution in [-0.2, 0) is 6.54 Å². The largest absolute Gasteiger partial charge is 0.472 e. The normalized spacial score (nSPS) is 21.0. The quantitative estimate of drug-likeness (QED) is 0.649. The van der Waals surface area contributed by atoms with Crippen molar-refractivity contribution in [2.45, 2.75) is 50.8 Å². The van der Waals surface area contributed by atoms with Gasteiger partial charge in [0.1, 0.15) is 6.10 Å². The third kappa shape index (κ3) is 4.40.